The van der Waals surface area contributed by atoms with E-state index in [2.05, 4.69) is 0 Å². The van der Waals surface area contributed by atoms with Crippen molar-refractivity contribution in [3.8, 4) is 5.75 Å². The van der Waals surface area contributed by atoms with Crippen molar-refractivity contribution in [1.82, 2.24) is 4.90 Å². The number of methoxy groups -OCH3 is 1. The molecule has 1 heterocycles. The zero-order valence-electron chi connectivity index (χ0n) is 14.3. The maximum absolute atomic E-state index is 12.8. The van der Waals surface area contributed by atoms with Crippen LogP contribution in [0.5, 0.6) is 5.75 Å². The molecule has 1 aliphatic heterocycles. The average Bonchev–Trinajstić information content (AvgIpc) is 3.05. The van der Waals surface area contributed by atoms with E-state index in [1.54, 1.807) is 7.11 Å². The summed E-state index contributed by atoms with van der Waals surface area (Å²) in [4.78, 5) is 14.7. The number of rotatable bonds is 5. The monoisotopic (exact) mass is 333 g/mol. The van der Waals surface area contributed by atoms with Crippen LogP contribution in [0.15, 0.2) is 24.3 Å². The maximum Gasteiger partial charge on any atom is 0.223 e. The van der Waals surface area contributed by atoms with Gasteiger partial charge in [0.2, 0.25) is 5.91 Å². The molecule has 1 aliphatic carbocycles. The fraction of sp³-hybridized carbons (Fsp3) is 0.632. The molecule has 1 amide bonds. The molecule has 0 radical (unpaired) electrons. The van der Waals surface area contributed by atoms with Crippen LogP contribution in [-0.2, 0) is 16.0 Å². The van der Waals surface area contributed by atoms with Gasteiger partial charge in [-0.3, -0.25) is 4.79 Å². The highest BCUT2D eigenvalue weighted by atomic mass is 16.5. The van der Waals surface area contributed by atoms with E-state index in [1.807, 2.05) is 29.2 Å². The Morgan fingerprint density at radius 1 is 1.42 bits per heavy atom. The maximum atomic E-state index is 12.8. The zero-order valence-corrected chi connectivity index (χ0v) is 14.3. The van der Waals surface area contributed by atoms with Gasteiger partial charge in [0.25, 0.3) is 0 Å². The van der Waals surface area contributed by atoms with Crippen molar-refractivity contribution in [3.05, 3.63) is 29.8 Å². The van der Waals surface area contributed by atoms with Crippen molar-refractivity contribution in [1.29, 1.82) is 0 Å². The molecule has 3 unspecified atom stereocenters. The smallest absolute Gasteiger partial charge is 0.223 e. The molecule has 2 aliphatic rings. The summed E-state index contributed by atoms with van der Waals surface area (Å²) in [6.07, 6.45) is 3.74. The molecule has 24 heavy (non-hydrogen) atoms. The molecule has 1 N–H and O–H groups in total. The van der Waals surface area contributed by atoms with Gasteiger partial charge in [-0.2, -0.15) is 0 Å². The second kappa shape index (κ2) is 7.99. The molecule has 1 saturated carbocycles. The number of morpholine rings is 1. The van der Waals surface area contributed by atoms with E-state index in [9.17, 15) is 9.90 Å². The van der Waals surface area contributed by atoms with E-state index < -0.39 is 0 Å². The highest BCUT2D eigenvalue weighted by Gasteiger charge is 2.39. The number of ether oxygens (including phenoxy) is 2. The fourth-order valence-electron chi connectivity index (χ4n) is 3.93. The summed E-state index contributed by atoms with van der Waals surface area (Å²) in [6.45, 7) is 1.77. The molecule has 1 saturated heterocycles. The van der Waals surface area contributed by atoms with Crippen LogP contribution in [0.4, 0.5) is 0 Å². The summed E-state index contributed by atoms with van der Waals surface area (Å²) in [5.41, 5.74) is 1.11. The molecule has 3 rings (SSSR count). The summed E-state index contributed by atoms with van der Waals surface area (Å²) in [5, 5.41) is 10.2. The molecule has 3 atom stereocenters. The highest BCUT2D eigenvalue weighted by Crippen LogP contribution is 2.32. The molecule has 5 heteroatoms. The second-order valence-electron chi connectivity index (χ2n) is 6.74. The molecule has 5 nitrogen and oxygen atoms in total. The summed E-state index contributed by atoms with van der Waals surface area (Å²) in [5.74, 6) is 1.13. The fourth-order valence-corrected chi connectivity index (χ4v) is 3.93. The van der Waals surface area contributed by atoms with Gasteiger partial charge in [0.05, 0.1) is 32.5 Å². The quantitative estimate of drug-likeness (QED) is 0.895. The molecule has 0 spiro atoms. The summed E-state index contributed by atoms with van der Waals surface area (Å²) in [7, 11) is 1.65. The van der Waals surface area contributed by atoms with Gasteiger partial charge in [-0.05, 0) is 37.0 Å². The highest BCUT2D eigenvalue weighted by molar-refractivity contribution is 5.77. The first kappa shape index (κ1) is 17.2. The summed E-state index contributed by atoms with van der Waals surface area (Å²) >= 11 is 0. The van der Waals surface area contributed by atoms with Gasteiger partial charge in [-0.1, -0.05) is 18.6 Å². The van der Waals surface area contributed by atoms with Crippen LogP contribution < -0.4 is 4.74 Å². The lowest BCUT2D eigenvalue weighted by atomic mass is 9.93. The van der Waals surface area contributed by atoms with E-state index in [-0.39, 0.29) is 24.0 Å². The number of carbonyl (C=O) groups is 1. The molecule has 1 aromatic carbocycles. The normalized spacial score (nSPS) is 27.2. The van der Waals surface area contributed by atoms with Crippen LogP contribution in [0.1, 0.15) is 31.2 Å². The van der Waals surface area contributed by atoms with E-state index in [0.29, 0.717) is 32.6 Å². The molecule has 1 aromatic rings. The third kappa shape index (κ3) is 3.90. The van der Waals surface area contributed by atoms with Crippen LogP contribution in [0.2, 0.25) is 0 Å². The number of amides is 1. The largest absolute Gasteiger partial charge is 0.497 e. The Morgan fingerprint density at radius 3 is 3.04 bits per heavy atom. The van der Waals surface area contributed by atoms with Crippen molar-refractivity contribution in [2.75, 3.05) is 26.9 Å². The van der Waals surface area contributed by atoms with Gasteiger partial charge in [0, 0.05) is 18.9 Å². The predicted octanol–water partition coefficient (Wildman–Crippen LogP) is 2.02. The zero-order chi connectivity index (χ0) is 16.9. The van der Waals surface area contributed by atoms with Gasteiger partial charge >= 0.3 is 0 Å². The lowest BCUT2D eigenvalue weighted by Gasteiger charge is -2.40. The molecular formula is C19H27NO4. The minimum Gasteiger partial charge on any atom is -0.497 e. The molecular weight excluding hydrogens is 306 g/mol. The van der Waals surface area contributed by atoms with Crippen molar-refractivity contribution >= 4 is 5.91 Å². The first-order valence-corrected chi connectivity index (χ1v) is 8.87. The van der Waals surface area contributed by atoms with E-state index in [4.69, 9.17) is 9.47 Å². The second-order valence-corrected chi connectivity index (χ2v) is 6.74. The van der Waals surface area contributed by atoms with Crippen LogP contribution >= 0.6 is 0 Å². The molecule has 0 aromatic heterocycles. The Balaban J connectivity index is 1.61. The summed E-state index contributed by atoms with van der Waals surface area (Å²) < 4.78 is 10.8. The van der Waals surface area contributed by atoms with Gasteiger partial charge < -0.3 is 19.5 Å². The number of hydrogen-bond acceptors (Lipinski definition) is 4. The van der Waals surface area contributed by atoms with Crippen molar-refractivity contribution in [3.63, 3.8) is 0 Å². The predicted molar refractivity (Wildman–Crippen MR) is 91.0 cm³/mol. The van der Waals surface area contributed by atoms with Crippen molar-refractivity contribution in [2.45, 2.75) is 44.2 Å². The van der Waals surface area contributed by atoms with E-state index in [1.165, 1.54) is 0 Å². The SMILES string of the molecule is COc1cccc(CCC(=O)N2CCOCC2C2CCCC2O)c1. The van der Waals surface area contributed by atoms with Crippen LogP contribution in [0.3, 0.4) is 0 Å². The number of aliphatic hydroxyl groups excluding tert-OH is 1. The van der Waals surface area contributed by atoms with Gasteiger partial charge in [-0.25, -0.2) is 0 Å². The van der Waals surface area contributed by atoms with E-state index in [0.717, 1.165) is 30.6 Å². The number of aryl methyl sites for hydroxylation is 1. The Hall–Kier alpha value is -1.59. The van der Waals surface area contributed by atoms with Gasteiger partial charge in [0.15, 0.2) is 0 Å². The number of hydrogen-bond donors (Lipinski definition) is 1. The minimum atomic E-state index is -0.301. The van der Waals surface area contributed by atoms with Crippen molar-refractivity contribution in [2.24, 2.45) is 5.92 Å². The lowest BCUT2D eigenvalue weighted by molar-refractivity contribution is -0.143. The van der Waals surface area contributed by atoms with Crippen LogP contribution in [-0.4, -0.2) is 54.9 Å². The van der Waals surface area contributed by atoms with E-state index >= 15 is 0 Å². The molecule has 2 fully saturated rings. The Bertz CT molecular complexity index is 562. The average molecular weight is 333 g/mol. The van der Waals surface area contributed by atoms with Crippen LogP contribution in [0, 0.1) is 5.92 Å². The number of nitrogens with zero attached hydrogens (tertiary/aromatic N) is 1. The molecule has 132 valence electrons. The van der Waals surface area contributed by atoms with Gasteiger partial charge in [-0.15, -0.1) is 0 Å². The standard InChI is InChI=1S/C19H27NO4/c1-23-15-5-2-4-14(12-15)8-9-19(22)20-10-11-24-13-17(20)16-6-3-7-18(16)21/h2,4-5,12,16-18,21H,3,6-11,13H2,1H3. The number of carbonyl (C=O) groups excluding carboxylic acids is 1. The number of benzene rings is 1. The Kier molecular flexibility index (Phi) is 5.74. The topological polar surface area (TPSA) is 59.0 Å². The third-order valence-corrected chi connectivity index (χ3v) is 5.27. The minimum absolute atomic E-state index is 0.0223. The first-order chi connectivity index (χ1) is 11.7. The van der Waals surface area contributed by atoms with Crippen molar-refractivity contribution < 1.29 is 19.4 Å². The first-order valence-electron chi connectivity index (χ1n) is 8.87. The summed E-state index contributed by atoms with van der Waals surface area (Å²) in [6, 6.07) is 7.88. The Morgan fingerprint density at radius 2 is 2.29 bits per heavy atom. The third-order valence-electron chi connectivity index (χ3n) is 5.27. The molecule has 0 bridgehead atoms. The van der Waals surface area contributed by atoms with Gasteiger partial charge in [0.1, 0.15) is 5.75 Å². The Labute approximate surface area is 143 Å². The number of aliphatic hydroxyl groups is 1. The lowest BCUT2D eigenvalue weighted by Crippen LogP contribution is -2.53. The van der Waals surface area contributed by atoms with Crippen LogP contribution in [0.25, 0.3) is 0 Å².